The van der Waals surface area contributed by atoms with Crippen LogP contribution in [0.5, 0.6) is 5.75 Å². The molecule has 2 aromatic heterocycles. The van der Waals surface area contributed by atoms with Crippen molar-refractivity contribution >= 4 is 46.0 Å². The topological polar surface area (TPSA) is 107 Å². The van der Waals surface area contributed by atoms with Gasteiger partial charge in [-0.1, -0.05) is 35.0 Å². The first-order chi connectivity index (χ1) is 14.5. The maximum Gasteiger partial charge on any atom is 0.270 e. The molecule has 2 aromatic carbocycles. The monoisotopic (exact) mass is 457 g/mol. The summed E-state index contributed by atoms with van der Waals surface area (Å²) in [5.41, 5.74) is 1.88. The molecule has 2 heterocycles. The van der Waals surface area contributed by atoms with E-state index in [0.29, 0.717) is 49.3 Å². The number of rotatable bonds is 5. The largest absolute Gasteiger partial charge is 0.497 e. The third-order valence-electron chi connectivity index (χ3n) is 4.29. The number of fused-ring (bicyclic) bond motifs is 1. The van der Waals surface area contributed by atoms with E-state index in [0.717, 1.165) is 5.52 Å². The van der Waals surface area contributed by atoms with Crippen molar-refractivity contribution in [2.24, 2.45) is 0 Å². The minimum atomic E-state index is -0.496. The number of nitriles is 1. The summed E-state index contributed by atoms with van der Waals surface area (Å²) in [7, 11) is 1.57. The lowest BCUT2D eigenvalue weighted by Crippen LogP contribution is -2.14. The van der Waals surface area contributed by atoms with Crippen molar-refractivity contribution in [1.29, 1.82) is 5.26 Å². The number of aromatic nitrogens is 4. The number of nitrogens with zero attached hydrogens (tertiary/aromatic N) is 3. The van der Waals surface area contributed by atoms with Gasteiger partial charge in [-0.15, -0.1) is 0 Å². The molecule has 30 heavy (non-hydrogen) atoms. The summed E-state index contributed by atoms with van der Waals surface area (Å²) >= 11 is 13.4. The van der Waals surface area contributed by atoms with Crippen molar-refractivity contribution in [1.82, 2.24) is 19.9 Å². The quantitative estimate of drug-likeness (QED) is 0.329. The number of nitrogens with one attached hydrogen (secondary N) is 2. The van der Waals surface area contributed by atoms with Gasteiger partial charge < -0.3 is 14.7 Å². The summed E-state index contributed by atoms with van der Waals surface area (Å²) in [5, 5.41) is 10.7. The van der Waals surface area contributed by atoms with Gasteiger partial charge in [-0.3, -0.25) is 4.79 Å². The van der Waals surface area contributed by atoms with E-state index >= 15 is 0 Å². The summed E-state index contributed by atoms with van der Waals surface area (Å²) in [6.45, 7) is 0. The van der Waals surface area contributed by atoms with E-state index in [1.165, 1.54) is 11.8 Å². The van der Waals surface area contributed by atoms with Gasteiger partial charge in [-0.2, -0.15) is 5.26 Å². The summed E-state index contributed by atoms with van der Waals surface area (Å²) in [6.07, 6.45) is 0. The second-order valence-corrected chi connectivity index (χ2v) is 7.97. The Balaban J connectivity index is 1.64. The van der Waals surface area contributed by atoms with Gasteiger partial charge in [-0.25, -0.2) is 9.97 Å². The molecule has 4 aromatic rings. The van der Waals surface area contributed by atoms with Crippen molar-refractivity contribution in [3.05, 3.63) is 68.2 Å². The number of benzene rings is 2. The lowest BCUT2D eigenvalue weighted by molar-refractivity contribution is 0.415. The molecule has 10 heteroatoms. The molecular formula is C20H13Cl2N5O2S. The smallest absolute Gasteiger partial charge is 0.270 e. The van der Waals surface area contributed by atoms with Gasteiger partial charge in [0.05, 0.1) is 39.6 Å². The first-order valence-corrected chi connectivity index (χ1v) is 10.4. The lowest BCUT2D eigenvalue weighted by Gasteiger charge is -2.07. The molecule has 0 saturated heterocycles. The molecule has 4 rings (SSSR count). The number of H-pyrrole nitrogens is 2. The Labute approximate surface area is 185 Å². The van der Waals surface area contributed by atoms with Gasteiger partial charge in [0.2, 0.25) is 0 Å². The van der Waals surface area contributed by atoms with Crippen molar-refractivity contribution in [3.8, 4) is 23.1 Å². The third-order valence-corrected chi connectivity index (χ3v) is 5.90. The SMILES string of the molecule is COc1ccc(-c2nc(SCc3nc4cc(Cl)c(Cl)cc4[nH]3)[nH]c(=O)c2C#N)cc1. The molecule has 0 saturated carbocycles. The number of thioether (sulfide) groups is 1. The minimum Gasteiger partial charge on any atom is -0.497 e. The van der Waals surface area contributed by atoms with E-state index in [-0.39, 0.29) is 5.56 Å². The van der Waals surface area contributed by atoms with E-state index in [2.05, 4.69) is 19.9 Å². The molecular weight excluding hydrogens is 445 g/mol. The number of hydrogen-bond donors (Lipinski definition) is 2. The first kappa shape index (κ1) is 20.3. The number of halogens is 2. The maximum absolute atomic E-state index is 12.4. The van der Waals surface area contributed by atoms with Crippen molar-refractivity contribution in [2.75, 3.05) is 7.11 Å². The van der Waals surface area contributed by atoms with E-state index in [9.17, 15) is 10.1 Å². The fourth-order valence-corrected chi connectivity index (χ4v) is 3.90. The molecule has 0 bridgehead atoms. The highest BCUT2D eigenvalue weighted by atomic mass is 35.5. The Morgan fingerprint density at radius 1 is 1.13 bits per heavy atom. The Kier molecular flexibility index (Phi) is 5.68. The van der Waals surface area contributed by atoms with Crippen LogP contribution in [0, 0.1) is 11.3 Å². The highest BCUT2D eigenvalue weighted by molar-refractivity contribution is 7.98. The summed E-state index contributed by atoms with van der Waals surface area (Å²) in [4.78, 5) is 27.2. The standard InChI is InChI=1S/C20H13Cl2N5O2S/c1-29-11-4-2-10(3-5-11)18-12(8-23)19(28)27-20(26-18)30-9-17-24-15-6-13(21)14(22)7-16(15)25-17/h2-7H,9H2,1H3,(H,24,25)(H,26,27,28). The van der Waals surface area contributed by atoms with Gasteiger partial charge in [0, 0.05) is 5.56 Å². The molecule has 0 aliphatic carbocycles. The number of imidazole rings is 1. The molecule has 7 nitrogen and oxygen atoms in total. The van der Waals surface area contributed by atoms with Crippen LogP contribution in [0.2, 0.25) is 10.0 Å². The van der Waals surface area contributed by atoms with E-state index in [1.807, 2.05) is 6.07 Å². The zero-order valence-electron chi connectivity index (χ0n) is 15.5. The van der Waals surface area contributed by atoms with Crippen molar-refractivity contribution in [3.63, 3.8) is 0 Å². The van der Waals surface area contributed by atoms with Crippen LogP contribution >= 0.6 is 35.0 Å². The van der Waals surface area contributed by atoms with Gasteiger partial charge in [0.15, 0.2) is 5.16 Å². The van der Waals surface area contributed by atoms with Gasteiger partial charge >= 0.3 is 0 Å². The van der Waals surface area contributed by atoms with Gasteiger partial charge in [-0.05, 0) is 36.4 Å². The average Bonchev–Trinajstić information content (AvgIpc) is 3.13. The van der Waals surface area contributed by atoms with Crippen LogP contribution in [0.15, 0.2) is 46.3 Å². The number of methoxy groups -OCH3 is 1. The Hall–Kier alpha value is -2.99. The highest BCUT2D eigenvalue weighted by Crippen LogP contribution is 2.28. The molecule has 0 aliphatic rings. The molecule has 0 fully saturated rings. The van der Waals surface area contributed by atoms with Crippen LogP contribution in [0.3, 0.4) is 0 Å². The lowest BCUT2D eigenvalue weighted by atomic mass is 10.1. The second kappa shape index (κ2) is 8.40. The highest BCUT2D eigenvalue weighted by Gasteiger charge is 2.15. The van der Waals surface area contributed by atoms with Crippen molar-refractivity contribution < 1.29 is 4.74 Å². The van der Waals surface area contributed by atoms with Crippen molar-refractivity contribution in [2.45, 2.75) is 10.9 Å². The fraction of sp³-hybridized carbons (Fsp3) is 0.100. The fourth-order valence-electron chi connectivity index (χ4n) is 2.85. The van der Waals surface area contributed by atoms with E-state index < -0.39 is 5.56 Å². The second-order valence-electron chi connectivity index (χ2n) is 6.19. The minimum absolute atomic E-state index is 0.0439. The van der Waals surface area contributed by atoms with Gasteiger partial charge in [0.25, 0.3) is 5.56 Å². The molecule has 150 valence electrons. The third kappa shape index (κ3) is 4.00. The molecule has 0 spiro atoms. The first-order valence-electron chi connectivity index (χ1n) is 8.63. The number of hydrogen-bond acceptors (Lipinski definition) is 6. The number of aromatic amines is 2. The molecule has 0 radical (unpaired) electrons. The van der Waals surface area contributed by atoms with Gasteiger partial charge in [0.1, 0.15) is 23.2 Å². The van der Waals surface area contributed by atoms with E-state index in [4.69, 9.17) is 27.9 Å². The van der Waals surface area contributed by atoms with Crippen LogP contribution in [0.25, 0.3) is 22.3 Å². The predicted octanol–water partition coefficient (Wildman–Crippen LogP) is 4.79. The maximum atomic E-state index is 12.4. The van der Waals surface area contributed by atoms with Crippen LogP contribution < -0.4 is 10.3 Å². The zero-order valence-corrected chi connectivity index (χ0v) is 17.8. The summed E-state index contributed by atoms with van der Waals surface area (Å²) in [5.74, 6) is 1.76. The molecule has 0 atom stereocenters. The van der Waals surface area contributed by atoms with Crippen LogP contribution in [-0.4, -0.2) is 27.0 Å². The summed E-state index contributed by atoms with van der Waals surface area (Å²) in [6, 6.07) is 12.3. The van der Waals surface area contributed by atoms with E-state index in [1.54, 1.807) is 43.5 Å². The summed E-state index contributed by atoms with van der Waals surface area (Å²) < 4.78 is 5.15. The Morgan fingerprint density at radius 3 is 2.57 bits per heavy atom. The zero-order chi connectivity index (χ0) is 21.3. The average molecular weight is 458 g/mol. The number of ether oxygens (including phenoxy) is 1. The normalized spacial score (nSPS) is 10.9. The van der Waals surface area contributed by atoms with Crippen LogP contribution in [0.4, 0.5) is 0 Å². The van der Waals surface area contributed by atoms with Crippen LogP contribution in [-0.2, 0) is 5.75 Å². The molecule has 0 aliphatic heterocycles. The predicted molar refractivity (Wildman–Crippen MR) is 117 cm³/mol. The molecule has 2 N–H and O–H groups in total. The van der Waals surface area contributed by atoms with Crippen LogP contribution in [0.1, 0.15) is 11.4 Å². The Morgan fingerprint density at radius 2 is 1.87 bits per heavy atom. The molecule has 0 amide bonds. The Bertz CT molecular complexity index is 1300. The molecule has 0 unspecified atom stereocenters.